The molecule has 2 aromatic heterocycles. The summed E-state index contributed by atoms with van der Waals surface area (Å²) in [7, 11) is -3.33. The van der Waals surface area contributed by atoms with Crippen molar-refractivity contribution < 1.29 is 13.2 Å². The van der Waals surface area contributed by atoms with Gasteiger partial charge in [-0.1, -0.05) is 30.3 Å². The fourth-order valence-corrected chi connectivity index (χ4v) is 4.50. The number of hydrogen-bond acceptors (Lipinski definition) is 4. The summed E-state index contributed by atoms with van der Waals surface area (Å²) in [4.78, 5) is 17.6. The van der Waals surface area contributed by atoms with Crippen LogP contribution in [0.1, 0.15) is 25.0 Å². The van der Waals surface area contributed by atoms with Gasteiger partial charge in [0.15, 0.2) is 9.84 Å². The molecule has 0 saturated heterocycles. The van der Waals surface area contributed by atoms with Gasteiger partial charge in [-0.3, -0.25) is 4.79 Å². The Morgan fingerprint density at radius 1 is 1.06 bits per heavy atom. The van der Waals surface area contributed by atoms with Gasteiger partial charge in [-0.05, 0) is 62.2 Å². The molecule has 4 aromatic rings. The summed E-state index contributed by atoms with van der Waals surface area (Å²) in [6, 6.07) is 18.2. The fourth-order valence-electron chi connectivity index (χ4n) is 3.44. The number of fused-ring (bicyclic) bond motifs is 1. The van der Waals surface area contributed by atoms with Gasteiger partial charge >= 0.3 is 0 Å². The molecular weight excluding hydrogens is 422 g/mol. The van der Waals surface area contributed by atoms with Crippen molar-refractivity contribution in [1.29, 1.82) is 0 Å². The van der Waals surface area contributed by atoms with E-state index in [2.05, 4.69) is 10.3 Å². The fraction of sp³-hybridized carbons (Fsp3) is 0.200. The van der Waals surface area contributed by atoms with Crippen LogP contribution in [-0.4, -0.2) is 29.0 Å². The lowest BCUT2D eigenvalue weighted by atomic mass is 10.1. The smallest absolute Gasteiger partial charge is 0.228 e. The highest BCUT2D eigenvalue weighted by atomic mass is 32.2. The summed E-state index contributed by atoms with van der Waals surface area (Å²) in [6.45, 7) is 5.24. The zero-order chi connectivity index (χ0) is 22.9. The van der Waals surface area contributed by atoms with Crippen LogP contribution in [0.3, 0.4) is 0 Å². The zero-order valence-corrected chi connectivity index (χ0v) is 19.1. The van der Waals surface area contributed by atoms with E-state index in [-0.39, 0.29) is 17.2 Å². The second-order valence-electron chi connectivity index (χ2n) is 8.08. The minimum Gasteiger partial charge on any atom is -0.326 e. The number of imidazole rings is 1. The Labute approximate surface area is 187 Å². The van der Waals surface area contributed by atoms with Gasteiger partial charge in [0, 0.05) is 23.6 Å². The molecule has 7 heteroatoms. The van der Waals surface area contributed by atoms with Crippen molar-refractivity contribution in [3.63, 3.8) is 0 Å². The van der Waals surface area contributed by atoms with E-state index in [9.17, 15) is 13.2 Å². The summed E-state index contributed by atoms with van der Waals surface area (Å²) in [5, 5.41) is 2.49. The van der Waals surface area contributed by atoms with Gasteiger partial charge in [0.1, 0.15) is 5.65 Å². The van der Waals surface area contributed by atoms with Gasteiger partial charge < -0.3 is 9.72 Å². The van der Waals surface area contributed by atoms with Gasteiger partial charge in [0.05, 0.1) is 22.3 Å². The first-order valence-corrected chi connectivity index (χ1v) is 12.0. The average molecular weight is 448 g/mol. The summed E-state index contributed by atoms with van der Waals surface area (Å²) in [6.07, 6.45) is 4.05. The van der Waals surface area contributed by atoms with Gasteiger partial charge in [-0.15, -0.1) is 0 Å². The van der Waals surface area contributed by atoms with Crippen molar-refractivity contribution in [3.8, 4) is 11.3 Å². The summed E-state index contributed by atoms with van der Waals surface area (Å²) >= 11 is 0. The predicted molar refractivity (Wildman–Crippen MR) is 126 cm³/mol. The molecule has 0 spiro atoms. The molecule has 0 aliphatic heterocycles. The Morgan fingerprint density at radius 3 is 2.50 bits per heavy atom. The summed E-state index contributed by atoms with van der Waals surface area (Å²) < 4.78 is 26.5. The Balaban J connectivity index is 1.50. The van der Waals surface area contributed by atoms with Crippen LogP contribution in [-0.2, 0) is 21.1 Å². The lowest BCUT2D eigenvalue weighted by Crippen LogP contribution is -2.16. The first-order valence-electron chi connectivity index (χ1n) is 10.4. The zero-order valence-electron chi connectivity index (χ0n) is 18.2. The third kappa shape index (κ3) is 4.43. The number of aromatic nitrogens is 2. The highest BCUT2D eigenvalue weighted by molar-refractivity contribution is 7.92. The third-order valence-corrected chi connectivity index (χ3v) is 7.58. The van der Waals surface area contributed by atoms with Gasteiger partial charge in [-0.2, -0.15) is 0 Å². The van der Waals surface area contributed by atoms with E-state index in [4.69, 9.17) is 0 Å². The molecular formula is C25H25N3O3S. The number of carbonyl (C=O) groups is 1. The Hall–Kier alpha value is -3.45. The lowest BCUT2D eigenvalue weighted by molar-refractivity contribution is -0.115. The maximum absolute atomic E-state index is 12.7. The van der Waals surface area contributed by atoms with Crippen LogP contribution in [0.15, 0.2) is 78.0 Å². The number of carbonyl (C=O) groups excluding carboxylic acids is 1. The molecule has 164 valence electrons. The highest BCUT2D eigenvalue weighted by Gasteiger charge is 2.19. The number of benzene rings is 2. The van der Waals surface area contributed by atoms with Gasteiger partial charge in [0.2, 0.25) is 5.91 Å². The Morgan fingerprint density at radius 2 is 1.81 bits per heavy atom. The molecule has 0 saturated carbocycles. The summed E-state index contributed by atoms with van der Waals surface area (Å²) in [5.41, 5.74) is 5.02. The monoisotopic (exact) mass is 447 g/mol. The molecule has 1 N–H and O–H groups in total. The van der Waals surface area contributed by atoms with Crippen molar-refractivity contribution >= 4 is 27.1 Å². The molecule has 2 heterocycles. The topological polar surface area (TPSA) is 80.5 Å². The van der Waals surface area contributed by atoms with Crippen molar-refractivity contribution in [2.75, 3.05) is 5.32 Å². The maximum Gasteiger partial charge on any atom is 0.228 e. The van der Waals surface area contributed by atoms with Crippen molar-refractivity contribution in [2.24, 2.45) is 0 Å². The molecule has 6 nitrogen and oxygen atoms in total. The molecule has 0 unspecified atom stereocenters. The van der Waals surface area contributed by atoms with Crippen LogP contribution in [0.2, 0.25) is 0 Å². The van der Waals surface area contributed by atoms with E-state index in [1.807, 2.05) is 60.1 Å². The Kier molecular flexibility index (Phi) is 5.84. The van der Waals surface area contributed by atoms with E-state index in [1.165, 1.54) is 0 Å². The average Bonchev–Trinajstić information content (AvgIpc) is 3.20. The molecule has 0 bridgehead atoms. The minimum atomic E-state index is -3.33. The van der Waals surface area contributed by atoms with Crippen LogP contribution in [0, 0.1) is 6.92 Å². The number of nitrogens with zero attached hydrogens (tertiary/aromatic N) is 2. The second-order valence-corrected chi connectivity index (χ2v) is 10.6. The minimum absolute atomic E-state index is 0.153. The first kappa shape index (κ1) is 21.8. The molecule has 32 heavy (non-hydrogen) atoms. The molecule has 0 aliphatic carbocycles. The number of anilines is 1. The largest absolute Gasteiger partial charge is 0.326 e. The molecule has 0 atom stereocenters. The first-order chi connectivity index (χ1) is 15.2. The number of amides is 1. The van der Waals surface area contributed by atoms with E-state index < -0.39 is 15.1 Å². The standard InChI is InChI=1S/C25H25N3O3S/c1-17(2)32(30,31)21-11-8-19(9-12-21)14-25(29)27-22-15-20(10-7-18(22)3)23-16-28-13-5-4-6-24(28)26-23/h4-13,15-17H,14H2,1-3H3,(H,27,29). The molecule has 0 fully saturated rings. The van der Waals surface area contributed by atoms with Crippen LogP contribution in [0.4, 0.5) is 5.69 Å². The van der Waals surface area contributed by atoms with Gasteiger partial charge in [-0.25, -0.2) is 13.4 Å². The molecule has 1 amide bonds. The predicted octanol–water partition coefficient (Wildman–Crippen LogP) is 4.67. The number of aryl methyl sites for hydroxylation is 1. The number of rotatable bonds is 6. The quantitative estimate of drug-likeness (QED) is 0.466. The van der Waals surface area contributed by atoms with Crippen LogP contribution in [0.5, 0.6) is 0 Å². The van der Waals surface area contributed by atoms with E-state index in [1.54, 1.807) is 38.1 Å². The number of hydrogen-bond donors (Lipinski definition) is 1. The van der Waals surface area contributed by atoms with Crippen molar-refractivity contribution in [2.45, 2.75) is 37.3 Å². The van der Waals surface area contributed by atoms with E-state index in [0.29, 0.717) is 0 Å². The summed E-state index contributed by atoms with van der Waals surface area (Å²) in [5.74, 6) is -0.167. The molecule has 0 radical (unpaired) electrons. The molecule has 2 aromatic carbocycles. The number of pyridine rings is 1. The van der Waals surface area contributed by atoms with Crippen molar-refractivity contribution in [1.82, 2.24) is 9.38 Å². The maximum atomic E-state index is 12.7. The number of sulfone groups is 1. The SMILES string of the molecule is Cc1ccc(-c2cn3ccccc3n2)cc1NC(=O)Cc1ccc(S(=O)(=O)C(C)C)cc1. The van der Waals surface area contributed by atoms with Gasteiger partial charge in [0.25, 0.3) is 0 Å². The van der Waals surface area contributed by atoms with Crippen molar-refractivity contribution in [3.05, 3.63) is 84.2 Å². The normalized spacial score (nSPS) is 11.8. The van der Waals surface area contributed by atoms with Crippen LogP contribution in [0.25, 0.3) is 16.9 Å². The van der Waals surface area contributed by atoms with E-state index >= 15 is 0 Å². The van der Waals surface area contributed by atoms with Crippen LogP contribution >= 0.6 is 0 Å². The molecule has 0 aliphatic rings. The van der Waals surface area contributed by atoms with E-state index in [0.717, 1.165) is 33.7 Å². The third-order valence-electron chi connectivity index (χ3n) is 5.41. The molecule has 4 rings (SSSR count). The Bertz CT molecular complexity index is 1350. The second kappa shape index (κ2) is 8.59. The number of nitrogens with one attached hydrogen (secondary N) is 1. The van der Waals surface area contributed by atoms with Crippen LogP contribution < -0.4 is 5.32 Å². The lowest BCUT2D eigenvalue weighted by Gasteiger charge is -2.11. The highest BCUT2D eigenvalue weighted by Crippen LogP contribution is 2.25.